The van der Waals surface area contributed by atoms with Crippen LogP contribution in [0.2, 0.25) is 0 Å². The van der Waals surface area contributed by atoms with Gasteiger partial charge in [0, 0.05) is 11.4 Å². The van der Waals surface area contributed by atoms with Crippen LogP contribution in [0.4, 0.5) is 10.2 Å². The number of nitrogens with zero attached hydrogens (tertiary/aromatic N) is 4. The number of nitrogen functional groups attached to an aromatic ring is 1. The fourth-order valence-electron chi connectivity index (χ4n) is 1.92. The zero-order chi connectivity index (χ0) is 14.1. The van der Waals surface area contributed by atoms with Gasteiger partial charge in [0.2, 0.25) is 0 Å². The molecule has 0 atom stereocenters. The largest absolute Gasteiger partial charge is 0.383 e. The number of aryl methyl sites for hydroxylation is 1. The van der Waals surface area contributed by atoms with Crippen LogP contribution in [0.1, 0.15) is 6.92 Å². The first-order valence-corrected chi connectivity index (χ1v) is 6.91. The Morgan fingerprint density at radius 2 is 2.10 bits per heavy atom. The molecule has 2 heterocycles. The molecule has 7 heteroatoms. The smallest absolute Gasteiger partial charge is 0.164 e. The molecular weight excluding hydrogens is 277 g/mol. The van der Waals surface area contributed by atoms with Crippen LogP contribution in [0.15, 0.2) is 40.5 Å². The van der Waals surface area contributed by atoms with E-state index in [0.717, 1.165) is 0 Å². The van der Waals surface area contributed by atoms with Gasteiger partial charge in [-0.1, -0.05) is 23.9 Å². The van der Waals surface area contributed by atoms with Crippen LogP contribution < -0.4 is 5.73 Å². The normalized spacial score (nSPS) is 11.1. The predicted molar refractivity (Wildman–Crippen MR) is 75.9 cm³/mol. The highest BCUT2D eigenvalue weighted by Crippen LogP contribution is 2.35. The summed E-state index contributed by atoms with van der Waals surface area (Å²) in [6.45, 7) is 2.62. The standard InChI is InChI=1S/C13H12FN5S/c1-2-19-12-10(11(15)16-7-17-12)13(18-19)20-9-6-4-3-5-8(9)14/h3-7H,2H2,1H3,(H2,15,16,17). The van der Waals surface area contributed by atoms with E-state index in [1.54, 1.807) is 22.9 Å². The first-order chi connectivity index (χ1) is 9.70. The van der Waals surface area contributed by atoms with Crippen molar-refractivity contribution in [3.63, 3.8) is 0 Å². The number of nitrogens with two attached hydrogens (primary N) is 1. The highest BCUT2D eigenvalue weighted by Gasteiger charge is 2.16. The van der Waals surface area contributed by atoms with Gasteiger partial charge in [-0.2, -0.15) is 5.10 Å². The van der Waals surface area contributed by atoms with E-state index in [1.807, 2.05) is 6.92 Å². The Morgan fingerprint density at radius 1 is 1.30 bits per heavy atom. The molecule has 20 heavy (non-hydrogen) atoms. The van der Waals surface area contributed by atoms with Gasteiger partial charge in [0.25, 0.3) is 0 Å². The van der Waals surface area contributed by atoms with Gasteiger partial charge in [-0.3, -0.25) is 0 Å². The molecule has 102 valence electrons. The summed E-state index contributed by atoms with van der Waals surface area (Å²) in [6, 6.07) is 6.56. The molecule has 0 bridgehead atoms. The number of hydrogen-bond acceptors (Lipinski definition) is 5. The van der Waals surface area contributed by atoms with Crippen molar-refractivity contribution in [2.75, 3.05) is 5.73 Å². The van der Waals surface area contributed by atoms with E-state index in [1.165, 1.54) is 24.2 Å². The highest BCUT2D eigenvalue weighted by molar-refractivity contribution is 7.99. The molecule has 0 saturated heterocycles. The second-order valence-electron chi connectivity index (χ2n) is 4.11. The number of aromatic nitrogens is 4. The minimum atomic E-state index is -0.285. The number of anilines is 1. The van der Waals surface area contributed by atoms with Gasteiger partial charge in [-0.15, -0.1) is 0 Å². The van der Waals surface area contributed by atoms with E-state index in [0.29, 0.717) is 33.3 Å². The lowest BCUT2D eigenvalue weighted by molar-refractivity contribution is 0.601. The van der Waals surface area contributed by atoms with Crippen molar-refractivity contribution in [2.24, 2.45) is 0 Å². The molecule has 3 rings (SSSR count). The first-order valence-electron chi connectivity index (χ1n) is 6.10. The van der Waals surface area contributed by atoms with Crippen LogP contribution >= 0.6 is 11.8 Å². The van der Waals surface area contributed by atoms with Gasteiger partial charge >= 0.3 is 0 Å². The van der Waals surface area contributed by atoms with Crippen molar-refractivity contribution in [2.45, 2.75) is 23.4 Å². The summed E-state index contributed by atoms with van der Waals surface area (Å²) >= 11 is 1.23. The van der Waals surface area contributed by atoms with E-state index < -0.39 is 0 Å². The van der Waals surface area contributed by atoms with E-state index >= 15 is 0 Å². The van der Waals surface area contributed by atoms with E-state index in [9.17, 15) is 4.39 Å². The Bertz CT molecular complexity index is 771. The van der Waals surface area contributed by atoms with Crippen molar-refractivity contribution in [1.29, 1.82) is 0 Å². The minimum absolute atomic E-state index is 0.285. The molecule has 0 amide bonds. The number of rotatable bonds is 3. The predicted octanol–water partition coefficient (Wildman–Crippen LogP) is 2.72. The third-order valence-electron chi connectivity index (χ3n) is 2.87. The number of benzene rings is 1. The molecule has 0 aliphatic heterocycles. The van der Waals surface area contributed by atoms with Crippen molar-refractivity contribution < 1.29 is 4.39 Å². The van der Waals surface area contributed by atoms with Crippen LogP contribution in [0.3, 0.4) is 0 Å². The molecule has 1 aromatic carbocycles. The summed E-state index contributed by atoms with van der Waals surface area (Å²) in [5, 5.41) is 5.72. The molecule has 0 aliphatic rings. The Morgan fingerprint density at radius 3 is 2.85 bits per heavy atom. The molecule has 0 spiro atoms. The molecule has 0 saturated carbocycles. The Hall–Kier alpha value is -2.15. The number of halogens is 1. The summed E-state index contributed by atoms with van der Waals surface area (Å²) < 4.78 is 15.5. The van der Waals surface area contributed by atoms with Crippen LogP contribution in [0.5, 0.6) is 0 Å². The highest BCUT2D eigenvalue weighted by atomic mass is 32.2. The number of fused-ring (bicyclic) bond motifs is 1. The average Bonchev–Trinajstić information content (AvgIpc) is 2.81. The van der Waals surface area contributed by atoms with Crippen LogP contribution in [0, 0.1) is 5.82 Å². The van der Waals surface area contributed by atoms with Gasteiger partial charge in [0.1, 0.15) is 23.0 Å². The van der Waals surface area contributed by atoms with E-state index in [-0.39, 0.29) is 5.82 Å². The van der Waals surface area contributed by atoms with Gasteiger partial charge in [-0.25, -0.2) is 19.0 Å². The quantitative estimate of drug-likeness (QED) is 0.803. The maximum Gasteiger partial charge on any atom is 0.164 e. The molecule has 0 aliphatic carbocycles. The molecule has 0 radical (unpaired) electrons. The van der Waals surface area contributed by atoms with E-state index in [2.05, 4.69) is 15.1 Å². The zero-order valence-corrected chi connectivity index (χ0v) is 11.6. The lowest BCUT2D eigenvalue weighted by Crippen LogP contribution is -1.98. The molecule has 0 unspecified atom stereocenters. The summed E-state index contributed by atoms with van der Waals surface area (Å²) in [5.41, 5.74) is 6.57. The van der Waals surface area contributed by atoms with Crippen molar-refractivity contribution in [3.8, 4) is 0 Å². The molecular formula is C13H12FN5S. The van der Waals surface area contributed by atoms with Gasteiger partial charge in [0.15, 0.2) is 5.65 Å². The van der Waals surface area contributed by atoms with Crippen molar-refractivity contribution >= 4 is 28.6 Å². The third kappa shape index (κ3) is 2.09. The Kier molecular flexibility index (Phi) is 3.27. The lowest BCUT2D eigenvalue weighted by atomic mass is 10.3. The van der Waals surface area contributed by atoms with Crippen molar-refractivity contribution in [1.82, 2.24) is 19.7 Å². The Labute approximate surface area is 119 Å². The molecule has 3 aromatic rings. The second kappa shape index (κ2) is 5.09. The fraction of sp³-hybridized carbons (Fsp3) is 0.154. The zero-order valence-electron chi connectivity index (χ0n) is 10.7. The topological polar surface area (TPSA) is 69.6 Å². The van der Waals surface area contributed by atoms with Crippen LogP contribution in [0.25, 0.3) is 11.0 Å². The SMILES string of the molecule is CCn1nc(Sc2ccccc2F)c2c(N)ncnc21. The van der Waals surface area contributed by atoms with Crippen molar-refractivity contribution in [3.05, 3.63) is 36.4 Å². The fourth-order valence-corrected chi connectivity index (χ4v) is 2.88. The Balaban J connectivity index is 2.15. The van der Waals surface area contributed by atoms with Crippen LogP contribution in [-0.2, 0) is 6.54 Å². The number of hydrogen-bond donors (Lipinski definition) is 1. The van der Waals surface area contributed by atoms with E-state index in [4.69, 9.17) is 5.73 Å². The molecule has 2 N–H and O–H groups in total. The summed E-state index contributed by atoms with van der Waals surface area (Å²) in [7, 11) is 0. The van der Waals surface area contributed by atoms with Gasteiger partial charge in [0.05, 0.1) is 5.39 Å². The summed E-state index contributed by atoms with van der Waals surface area (Å²) in [6.07, 6.45) is 1.41. The summed E-state index contributed by atoms with van der Waals surface area (Å²) in [4.78, 5) is 8.68. The van der Waals surface area contributed by atoms with Crippen LogP contribution in [-0.4, -0.2) is 19.7 Å². The molecule has 0 fully saturated rings. The first kappa shape index (κ1) is 12.9. The lowest BCUT2D eigenvalue weighted by Gasteiger charge is -2.00. The second-order valence-corrected chi connectivity index (χ2v) is 5.14. The summed E-state index contributed by atoms with van der Waals surface area (Å²) in [5.74, 6) is 0.0701. The maximum absolute atomic E-state index is 13.7. The molecule has 2 aromatic heterocycles. The monoisotopic (exact) mass is 289 g/mol. The minimum Gasteiger partial charge on any atom is -0.383 e. The third-order valence-corrected chi connectivity index (χ3v) is 3.90. The average molecular weight is 289 g/mol. The van der Waals surface area contributed by atoms with Gasteiger partial charge in [-0.05, 0) is 19.1 Å². The molecule has 5 nitrogen and oxygen atoms in total. The maximum atomic E-state index is 13.7. The van der Waals surface area contributed by atoms with Gasteiger partial charge < -0.3 is 5.73 Å².